The van der Waals surface area contributed by atoms with Crippen molar-refractivity contribution >= 4 is 41.7 Å². The summed E-state index contributed by atoms with van der Waals surface area (Å²) in [5, 5.41) is 0.735. The molecular formula is C15H24Cl2N2OS. The van der Waals surface area contributed by atoms with Crippen molar-refractivity contribution < 1.29 is 4.79 Å². The van der Waals surface area contributed by atoms with E-state index >= 15 is 0 Å². The zero-order chi connectivity index (χ0) is 15.2. The number of nitrogens with zero attached hydrogens (tertiary/aromatic N) is 1. The summed E-state index contributed by atoms with van der Waals surface area (Å²) in [6, 6.07) is 7.71. The van der Waals surface area contributed by atoms with Crippen molar-refractivity contribution in [3.05, 3.63) is 34.9 Å². The molecule has 0 aliphatic carbocycles. The second-order valence-electron chi connectivity index (χ2n) is 5.74. The fourth-order valence-corrected chi connectivity index (χ4v) is 2.79. The summed E-state index contributed by atoms with van der Waals surface area (Å²) in [6.45, 7) is 5.39. The van der Waals surface area contributed by atoms with Gasteiger partial charge in [0.05, 0.1) is 5.75 Å². The van der Waals surface area contributed by atoms with Crippen LogP contribution < -0.4 is 5.73 Å². The number of hydrogen-bond donors (Lipinski definition) is 1. The lowest BCUT2D eigenvalue weighted by Crippen LogP contribution is -2.40. The second-order valence-corrected chi connectivity index (χ2v) is 7.16. The maximum atomic E-state index is 12.0. The minimum Gasteiger partial charge on any atom is -0.344 e. The van der Waals surface area contributed by atoms with Crippen LogP contribution in [0.25, 0.3) is 0 Å². The van der Waals surface area contributed by atoms with Crippen LogP contribution in [0.4, 0.5) is 0 Å². The molecule has 0 radical (unpaired) electrons. The lowest BCUT2D eigenvalue weighted by atomic mass is 9.93. The van der Waals surface area contributed by atoms with E-state index in [0.717, 1.165) is 10.8 Å². The molecule has 0 aromatic heterocycles. The number of carbonyl (C=O) groups is 1. The molecule has 0 atom stereocenters. The molecule has 0 heterocycles. The number of rotatable bonds is 7. The Balaban J connectivity index is 0.00000400. The van der Waals surface area contributed by atoms with Crippen molar-refractivity contribution in [2.45, 2.75) is 19.6 Å². The smallest absolute Gasteiger partial charge is 0.232 e. The van der Waals surface area contributed by atoms with Gasteiger partial charge in [0.25, 0.3) is 0 Å². The Hall–Kier alpha value is -0.420. The van der Waals surface area contributed by atoms with Crippen molar-refractivity contribution in [3.8, 4) is 0 Å². The van der Waals surface area contributed by atoms with E-state index in [9.17, 15) is 4.79 Å². The van der Waals surface area contributed by atoms with Crippen LogP contribution in [0.3, 0.4) is 0 Å². The van der Waals surface area contributed by atoms with Gasteiger partial charge in [0.2, 0.25) is 5.91 Å². The van der Waals surface area contributed by atoms with Crippen LogP contribution in [0.5, 0.6) is 0 Å². The molecule has 120 valence electrons. The molecule has 0 fully saturated rings. The van der Waals surface area contributed by atoms with Crippen LogP contribution in [0.2, 0.25) is 5.02 Å². The Morgan fingerprint density at radius 2 is 1.90 bits per heavy atom. The van der Waals surface area contributed by atoms with Gasteiger partial charge in [0, 0.05) is 24.4 Å². The van der Waals surface area contributed by atoms with E-state index in [4.69, 9.17) is 17.3 Å². The minimum atomic E-state index is -0.0365. The first-order valence-corrected chi connectivity index (χ1v) is 8.13. The zero-order valence-corrected chi connectivity index (χ0v) is 15.2. The van der Waals surface area contributed by atoms with Crippen LogP contribution in [0.15, 0.2) is 24.3 Å². The summed E-state index contributed by atoms with van der Waals surface area (Å²) in [4.78, 5) is 13.8. The van der Waals surface area contributed by atoms with Gasteiger partial charge in [-0.3, -0.25) is 4.79 Å². The van der Waals surface area contributed by atoms with E-state index in [2.05, 4.69) is 13.8 Å². The normalized spacial score (nSPS) is 10.9. The molecule has 1 rings (SSSR count). The third-order valence-electron chi connectivity index (χ3n) is 3.05. The first-order valence-electron chi connectivity index (χ1n) is 6.60. The predicted octanol–water partition coefficient (Wildman–Crippen LogP) is 3.44. The standard InChI is InChI=1S/C15H23ClN2OS.ClH/c1-15(2,10-17)11-18(3)14(19)9-20-8-12-4-6-13(16)7-5-12;/h4-7H,8-11,17H2,1-3H3;1H. The molecule has 0 saturated carbocycles. The van der Waals surface area contributed by atoms with Gasteiger partial charge in [-0.25, -0.2) is 0 Å². The Bertz CT molecular complexity index is 438. The van der Waals surface area contributed by atoms with Crippen LogP contribution in [0.1, 0.15) is 19.4 Å². The van der Waals surface area contributed by atoms with Gasteiger partial charge in [-0.2, -0.15) is 0 Å². The van der Waals surface area contributed by atoms with Gasteiger partial charge in [0.1, 0.15) is 0 Å². The highest BCUT2D eigenvalue weighted by atomic mass is 35.5. The largest absolute Gasteiger partial charge is 0.344 e. The Morgan fingerprint density at radius 3 is 2.43 bits per heavy atom. The molecule has 1 aromatic rings. The maximum Gasteiger partial charge on any atom is 0.232 e. The maximum absolute atomic E-state index is 12.0. The lowest BCUT2D eigenvalue weighted by molar-refractivity contribution is -0.128. The van der Waals surface area contributed by atoms with E-state index in [-0.39, 0.29) is 23.7 Å². The summed E-state index contributed by atoms with van der Waals surface area (Å²) in [5.74, 6) is 1.45. The fourth-order valence-electron chi connectivity index (χ4n) is 1.74. The van der Waals surface area contributed by atoms with Crippen LogP contribution in [0, 0.1) is 5.41 Å². The molecule has 0 unspecified atom stereocenters. The molecule has 3 nitrogen and oxygen atoms in total. The summed E-state index contributed by atoms with van der Waals surface area (Å²) >= 11 is 7.45. The molecule has 0 aliphatic heterocycles. The number of amides is 1. The molecule has 0 bridgehead atoms. The van der Waals surface area contributed by atoms with Gasteiger partial charge in [-0.05, 0) is 29.7 Å². The number of nitrogens with two attached hydrogens (primary N) is 1. The highest BCUT2D eigenvalue weighted by Crippen LogP contribution is 2.17. The lowest BCUT2D eigenvalue weighted by Gasteiger charge is -2.29. The Kier molecular flexibility index (Phi) is 9.38. The molecule has 1 amide bonds. The van der Waals surface area contributed by atoms with Crippen LogP contribution in [-0.4, -0.2) is 36.7 Å². The Labute approximate surface area is 143 Å². The van der Waals surface area contributed by atoms with E-state index in [1.807, 2.05) is 31.3 Å². The van der Waals surface area contributed by atoms with Crippen LogP contribution >= 0.6 is 35.8 Å². The van der Waals surface area contributed by atoms with Gasteiger partial charge < -0.3 is 10.6 Å². The number of benzene rings is 1. The minimum absolute atomic E-state index is 0. The van der Waals surface area contributed by atoms with Gasteiger partial charge in [-0.1, -0.05) is 37.6 Å². The number of hydrogen-bond acceptors (Lipinski definition) is 3. The van der Waals surface area contributed by atoms with Gasteiger partial charge in [0.15, 0.2) is 0 Å². The monoisotopic (exact) mass is 350 g/mol. The molecule has 0 saturated heterocycles. The second kappa shape index (κ2) is 9.57. The van der Waals surface area contributed by atoms with E-state index in [0.29, 0.717) is 18.8 Å². The van der Waals surface area contributed by atoms with Crippen molar-refractivity contribution in [2.24, 2.45) is 11.1 Å². The van der Waals surface area contributed by atoms with Crippen molar-refractivity contribution in [1.82, 2.24) is 4.90 Å². The predicted molar refractivity (Wildman–Crippen MR) is 95.3 cm³/mol. The Morgan fingerprint density at radius 1 is 1.33 bits per heavy atom. The summed E-state index contributed by atoms with van der Waals surface area (Å²) < 4.78 is 0. The molecular weight excluding hydrogens is 327 g/mol. The number of halogens is 2. The molecule has 1 aromatic carbocycles. The molecule has 2 N–H and O–H groups in total. The van der Waals surface area contributed by atoms with E-state index < -0.39 is 0 Å². The van der Waals surface area contributed by atoms with E-state index in [1.165, 1.54) is 5.56 Å². The fraction of sp³-hybridized carbons (Fsp3) is 0.533. The third-order valence-corrected chi connectivity index (χ3v) is 4.29. The van der Waals surface area contributed by atoms with E-state index in [1.54, 1.807) is 16.7 Å². The van der Waals surface area contributed by atoms with Crippen molar-refractivity contribution in [1.29, 1.82) is 0 Å². The number of thioether (sulfide) groups is 1. The van der Waals surface area contributed by atoms with Crippen molar-refractivity contribution in [3.63, 3.8) is 0 Å². The molecule has 6 heteroatoms. The van der Waals surface area contributed by atoms with Crippen LogP contribution in [-0.2, 0) is 10.5 Å². The quantitative estimate of drug-likeness (QED) is 0.819. The average molecular weight is 351 g/mol. The highest BCUT2D eigenvalue weighted by Gasteiger charge is 2.20. The molecule has 0 aliphatic rings. The molecule has 21 heavy (non-hydrogen) atoms. The average Bonchev–Trinajstić information content (AvgIpc) is 2.40. The summed E-state index contributed by atoms with van der Waals surface area (Å²) in [5.41, 5.74) is 6.83. The first-order chi connectivity index (χ1) is 9.34. The van der Waals surface area contributed by atoms with Gasteiger partial charge in [-0.15, -0.1) is 24.2 Å². The summed E-state index contributed by atoms with van der Waals surface area (Å²) in [6.07, 6.45) is 0. The van der Waals surface area contributed by atoms with Gasteiger partial charge >= 0.3 is 0 Å². The summed E-state index contributed by atoms with van der Waals surface area (Å²) in [7, 11) is 1.84. The first kappa shape index (κ1) is 20.6. The topological polar surface area (TPSA) is 46.3 Å². The highest BCUT2D eigenvalue weighted by molar-refractivity contribution is 7.99. The number of carbonyl (C=O) groups excluding carboxylic acids is 1. The molecule has 0 spiro atoms. The zero-order valence-electron chi connectivity index (χ0n) is 12.8. The third kappa shape index (κ3) is 7.96. The SMILES string of the molecule is CN(CC(C)(C)CN)C(=O)CSCc1ccc(Cl)cc1.Cl. The van der Waals surface area contributed by atoms with Crippen molar-refractivity contribution in [2.75, 3.05) is 25.9 Å².